The normalized spacial score (nSPS) is 10.5. The van der Waals surface area contributed by atoms with Crippen molar-refractivity contribution >= 4 is 28.4 Å². The van der Waals surface area contributed by atoms with E-state index in [0.717, 1.165) is 10.9 Å². The summed E-state index contributed by atoms with van der Waals surface area (Å²) in [5.74, 6) is 1.50. The lowest BCUT2D eigenvalue weighted by Gasteiger charge is -2.20. The van der Waals surface area contributed by atoms with Crippen LogP contribution in [0.3, 0.4) is 0 Å². The third-order valence-electron chi connectivity index (χ3n) is 5.44. The highest BCUT2D eigenvalue weighted by Gasteiger charge is 2.15. The van der Waals surface area contributed by atoms with Crippen molar-refractivity contribution in [3.05, 3.63) is 78.6 Å². The maximum absolute atomic E-state index is 12.6. The monoisotopic (exact) mass is 486 g/mol. The maximum Gasteiger partial charge on any atom is 0.244 e. The lowest BCUT2D eigenvalue weighted by Crippen LogP contribution is -2.36. The van der Waals surface area contributed by atoms with Gasteiger partial charge in [-0.05, 0) is 23.8 Å². The van der Waals surface area contributed by atoms with E-state index in [-0.39, 0.29) is 18.4 Å². The number of amides is 2. The second kappa shape index (κ2) is 11.2. The topological polar surface area (TPSA) is 103 Å². The van der Waals surface area contributed by atoms with Gasteiger partial charge < -0.3 is 24.4 Å². The Morgan fingerprint density at radius 2 is 1.67 bits per heavy atom. The number of anilines is 1. The van der Waals surface area contributed by atoms with E-state index < -0.39 is 0 Å². The Labute approximate surface area is 208 Å². The molecule has 4 aromatic rings. The minimum absolute atomic E-state index is 0.0726. The number of methoxy groups -OCH3 is 2. The Balaban J connectivity index is 1.43. The number of carbonyl (C=O) groups is 2. The molecule has 0 spiro atoms. The molecule has 1 N–H and O–H groups in total. The molecule has 0 saturated carbocycles. The minimum atomic E-state index is -0.322. The summed E-state index contributed by atoms with van der Waals surface area (Å²) in [7, 11) is 3.13. The van der Waals surface area contributed by atoms with Gasteiger partial charge in [-0.15, -0.1) is 0 Å². The Bertz CT molecular complexity index is 1360. The maximum atomic E-state index is 12.6. The predicted octanol–water partition coefficient (Wildman–Crippen LogP) is 4.43. The zero-order valence-electron chi connectivity index (χ0n) is 20.2. The SMILES string of the molecule is COc1cc2nccc(Oc3ccc(NC(=O)CN(Cc4ccccc4)C(C)=O)cn3)c2cc1OC. The van der Waals surface area contributed by atoms with Crippen molar-refractivity contribution in [2.45, 2.75) is 13.5 Å². The smallest absolute Gasteiger partial charge is 0.244 e. The van der Waals surface area contributed by atoms with Crippen LogP contribution in [0.4, 0.5) is 5.69 Å². The lowest BCUT2D eigenvalue weighted by molar-refractivity contribution is -0.133. The van der Waals surface area contributed by atoms with E-state index in [1.54, 1.807) is 50.7 Å². The number of rotatable bonds is 9. The molecule has 0 aliphatic rings. The number of fused-ring (bicyclic) bond motifs is 1. The van der Waals surface area contributed by atoms with Crippen LogP contribution < -0.4 is 19.5 Å². The van der Waals surface area contributed by atoms with Gasteiger partial charge >= 0.3 is 0 Å². The van der Waals surface area contributed by atoms with Gasteiger partial charge in [-0.1, -0.05) is 30.3 Å². The first kappa shape index (κ1) is 24.5. The quantitative estimate of drug-likeness (QED) is 0.373. The second-order valence-electron chi connectivity index (χ2n) is 7.93. The number of pyridine rings is 2. The molecule has 2 amide bonds. The molecule has 0 unspecified atom stereocenters. The van der Waals surface area contributed by atoms with E-state index in [2.05, 4.69) is 15.3 Å². The van der Waals surface area contributed by atoms with Gasteiger partial charge in [0.1, 0.15) is 12.3 Å². The van der Waals surface area contributed by atoms with Crippen molar-refractivity contribution in [1.29, 1.82) is 0 Å². The Hall–Kier alpha value is -4.66. The molecule has 184 valence electrons. The van der Waals surface area contributed by atoms with Crippen LogP contribution in [-0.4, -0.2) is 47.4 Å². The first-order chi connectivity index (χ1) is 17.5. The summed E-state index contributed by atoms with van der Waals surface area (Å²) in [6, 6.07) is 18.1. The molecule has 9 heteroatoms. The number of hydrogen-bond donors (Lipinski definition) is 1. The number of benzene rings is 2. The fraction of sp³-hybridized carbons (Fsp3) is 0.185. The zero-order chi connectivity index (χ0) is 25.5. The molecule has 2 aromatic heterocycles. The molecule has 2 aromatic carbocycles. The molecule has 4 rings (SSSR count). The van der Waals surface area contributed by atoms with Crippen LogP contribution in [-0.2, 0) is 16.1 Å². The van der Waals surface area contributed by atoms with Crippen molar-refractivity contribution in [3.8, 4) is 23.1 Å². The Kier molecular flexibility index (Phi) is 7.60. The molecule has 0 aliphatic carbocycles. The van der Waals surface area contributed by atoms with Gasteiger partial charge in [0.05, 0.1) is 31.6 Å². The number of ether oxygens (including phenoxy) is 3. The molecule has 9 nitrogen and oxygen atoms in total. The van der Waals surface area contributed by atoms with Gasteiger partial charge in [0.15, 0.2) is 11.5 Å². The van der Waals surface area contributed by atoms with Crippen LogP contribution in [0.2, 0.25) is 0 Å². The lowest BCUT2D eigenvalue weighted by atomic mass is 10.2. The largest absolute Gasteiger partial charge is 0.493 e. The highest BCUT2D eigenvalue weighted by molar-refractivity contribution is 5.94. The average molecular weight is 487 g/mol. The van der Waals surface area contributed by atoms with Crippen LogP contribution in [0.5, 0.6) is 23.1 Å². The number of nitrogens with one attached hydrogen (secondary N) is 1. The van der Waals surface area contributed by atoms with E-state index in [0.29, 0.717) is 40.9 Å². The third-order valence-corrected chi connectivity index (χ3v) is 5.44. The van der Waals surface area contributed by atoms with Crippen molar-refractivity contribution in [2.75, 3.05) is 26.1 Å². The average Bonchev–Trinajstić information content (AvgIpc) is 2.89. The van der Waals surface area contributed by atoms with Gasteiger partial charge in [0.25, 0.3) is 0 Å². The van der Waals surface area contributed by atoms with Crippen LogP contribution >= 0.6 is 0 Å². The van der Waals surface area contributed by atoms with Crippen LogP contribution in [0.1, 0.15) is 12.5 Å². The van der Waals surface area contributed by atoms with Crippen LogP contribution in [0.25, 0.3) is 10.9 Å². The number of carbonyl (C=O) groups excluding carboxylic acids is 2. The summed E-state index contributed by atoms with van der Waals surface area (Å²) in [4.78, 5) is 34.7. The highest BCUT2D eigenvalue weighted by Crippen LogP contribution is 2.36. The van der Waals surface area contributed by atoms with E-state index in [4.69, 9.17) is 14.2 Å². The molecule has 0 radical (unpaired) electrons. The standard InChI is InChI=1S/C27H26N4O5/c1-18(32)31(16-19-7-5-4-6-8-19)17-26(33)30-20-9-10-27(29-15-20)36-23-11-12-28-22-14-25(35-3)24(34-2)13-21(22)23/h4-15H,16-17H2,1-3H3,(H,30,33). The number of aromatic nitrogens is 2. The summed E-state index contributed by atoms with van der Waals surface area (Å²) in [5.41, 5.74) is 2.12. The van der Waals surface area contributed by atoms with Gasteiger partial charge in [-0.25, -0.2) is 4.98 Å². The summed E-state index contributed by atoms with van der Waals surface area (Å²) in [6.07, 6.45) is 3.13. The molecule has 0 atom stereocenters. The molecule has 36 heavy (non-hydrogen) atoms. The molecule has 0 fully saturated rings. The van der Waals surface area contributed by atoms with Gasteiger partial charge in [0, 0.05) is 37.2 Å². The highest BCUT2D eigenvalue weighted by atomic mass is 16.5. The first-order valence-corrected chi connectivity index (χ1v) is 11.2. The van der Waals surface area contributed by atoms with Crippen molar-refractivity contribution < 1.29 is 23.8 Å². The first-order valence-electron chi connectivity index (χ1n) is 11.2. The van der Waals surface area contributed by atoms with Crippen LogP contribution in [0, 0.1) is 0 Å². The molecule has 0 aliphatic heterocycles. The van der Waals surface area contributed by atoms with E-state index in [1.165, 1.54) is 18.0 Å². The summed E-state index contributed by atoms with van der Waals surface area (Å²) < 4.78 is 16.7. The summed E-state index contributed by atoms with van der Waals surface area (Å²) in [5, 5.41) is 3.50. The Morgan fingerprint density at radius 3 is 2.33 bits per heavy atom. The van der Waals surface area contributed by atoms with Gasteiger partial charge in [0.2, 0.25) is 17.7 Å². The minimum Gasteiger partial charge on any atom is -0.493 e. The fourth-order valence-electron chi connectivity index (χ4n) is 3.62. The molecule has 0 saturated heterocycles. The summed E-state index contributed by atoms with van der Waals surface area (Å²) >= 11 is 0. The van der Waals surface area contributed by atoms with Gasteiger partial charge in [-0.3, -0.25) is 14.6 Å². The van der Waals surface area contributed by atoms with E-state index >= 15 is 0 Å². The third kappa shape index (κ3) is 5.87. The van der Waals surface area contributed by atoms with Crippen molar-refractivity contribution in [3.63, 3.8) is 0 Å². The number of nitrogens with zero attached hydrogens (tertiary/aromatic N) is 3. The second-order valence-corrected chi connectivity index (χ2v) is 7.93. The molecule has 2 heterocycles. The van der Waals surface area contributed by atoms with Crippen molar-refractivity contribution in [1.82, 2.24) is 14.9 Å². The zero-order valence-corrected chi connectivity index (χ0v) is 20.2. The van der Waals surface area contributed by atoms with Gasteiger partial charge in [-0.2, -0.15) is 0 Å². The summed E-state index contributed by atoms with van der Waals surface area (Å²) in [6.45, 7) is 1.72. The fourth-order valence-corrected chi connectivity index (χ4v) is 3.62. The predicted molar refractivity (Wildman–Crippen MR) is 135 cm³/mol. The molecule has 0 bridgehead atoms. The van der Waals surface area contributed by atoms with Crippen molar-refractivity contribution in [2.24, 2.45) is 0 Å². The van der Waals surface area contributed by atoms with Crippen LogP contribution in [0.15, 0.2) is 73.1 Å². The molecular formula is C27H26N4O5. The van der Waals surface area contributed by atoms with E-state index in [9.17, 15) is 9.59 Å². The Morgan fingerprint density at radius 1 is 0.917 bits per heavy atom. The van der Waals surface area contributed by atoms with E-state index in [1.807, 2.05) is 30.3 Å². The molecular weight excluding hydrogens is 460 g/mol. The number of hydrogen-bond acceptors (Lipinski definition) is 7.